The fourth-order valence-electron chi connectivity index (χ4n) is 4.81. The molecule has 1 N–H and O–H groups in total. The Hall–Kier alpha value is -3.31. The molecule has 1 aliphatic rings. The molecule has 11 heteroatoms. The van der Waals surface area contributed by atoms with Crippen LogP contribution >= 0.6 is 0 Å². The molecule has 2 aromatic heterocycles. The van der Waals surface area contributed by atoms with Crippen molar-refractivity contribution >= 4 is 15.7 Å². The number of nitrogens with zero attached hydrogens (tertiary/aromatic N) is 3. The Balaban J connectivity index is 1.47. The van der Waals surface area contributed by atoms with Gasteiger partial charge in [-0.2, -0.15) is 13.2 Å². The third-order valence-corrected chi connectivity index (χ3v) is 8.62. The van der Waals surface area contributed by atoms with Gasteiger partial charge >= 0.3 is 6.18 Å². The molecule has 0 fully saturated rings. The molecule has 1 aliphatic heterocycles. The molecule has 0 spiro atoms. The summed E-state index contributed by atoms with van der Waals surface area (Å²) in [6.45, 7) is 8.41. The summed E-state index contributed by atoms with van der Waals surface area (Å²) >= 11 is 0. The first-order valence-corrected chi connectivity index (χ1v) is 14.3. The number of rotatable bonds is 8. The average molecular weight is 561 g/mol. The number of hydrogen-bond donors (Lipinski definition) is 1. The molecule has 7 nitrogen and oxygen atoms in total. The van der Waals surface area contributed by atoms with Crippen LogP contribution in [-0.4, -0.2) is 34.9 Å². The maximum atomic E-state index is 13.0. The number of aromatic nitrogens is 2. The number of pyridine rings is 2. The Morgan fingerprint density at radius 1 is 1.08 bits per heavy atom. The molecule has 1 aromatic carbocycles. The van der Waals surface area contributed by atoms with E-state index in [2.05, 4.69) is 34.0 Å². The van der Waals surface area contributed by atoms with Gasteiger partial charge in [0.25, 0.3) is 5.91 Å². The smallest absolute Gasteiger partial charge is 0.344 e. The first kappa shape index (κ1) is 28.7. The molecule has 0 radical (unpaired) electrons. The van der Waals surface area contributed by atoms with Gasteiger partial charge in [0.15, 0.2) is 9.84 Å². The lowest BCUT2D eigenvalue weighted by Gasteiger charge is -2.27. The summed E-state index contributed by atoms with van der Waals surface area (Å²) in [6, 6.07) is 9.54. The van der Waals surface area contributed by atoms with Gasteiger partial charge in [0, 0.05) is 25.5 Å². The van der Waals surface area contributed by atoms with Crippen molar-refractivity contribution in [2.75, 3.05) is 5.75 Å². The summed E-state index contributed by atoms with van der Waals surface area (Å²) in [6.07, 6.45) is -1.55. The van der Waals surface area contributed by atoms with Crippen molar-refractivity contribution in [1.82, 2.24) is 20.2 Å². The molecule has 0 saturated heterocycles. The molecular weight excluding hydrogens is 529 g/mol. The van der Waals surface area contributed by atoms with Crippen LogP contribution in [0.3, 0.4) is 0 Å². The van der Waals surface area contributed by atoms with Gasteiger partial charge < -0.3 is 5.32 Å². The van der Waals surface area contributed by atoms with E-state index in [4.69, 9.17) is 0 Å². The third-order valence-electron chi connectivity index (χ3n) is 6.90. The second-order valence-electron chi connectivity index (χ2n) is 10.1. The number of benzene rings is 1. The van der Waals surface area contributed by atoms with E-state index in [-0.39, 0.29) is 28.5 Å². The molecule has 1 amide bonds. The summed E-state index contributed by atoms with van der Waals surface area (Å²) in [7, 11) is -3.36. The molecule has 0 bridgehead atoms. The Morgan fingerprint density at radius 2 is 1.77 bits per heavy atom. The quantitative estimate of drug-likeness (QED) is 0.392. The van der Waals surface area contributed by atoms with Gasteiger partial charge in [-0.3, -0.25) is 19.7 Å². The lowest BCUT2D eigenvalue weighted by Crippen LogP contribution is -2.27. The highest BCUT2D eigenvalue weighted by molar-refractivity contribution is 7.91. The first-order valence-electron chi connectivity index (χ1n) is 12.7. The van der Waals surface area contributed by atoms with Crippen LogP contribution in [0.5, 0.6) is 0 Å². The van der Waals surface area contributed by atoms with E-state index in [1.165, 1.54) is 30.6 Å². The van der Waals surface area contributed by atoms with Crippen LogP contribution in [0.1, 0.15) is 78.2 Å². The maximum Gasteiger partial charge on any atom is 0.416 e. The summed E-state index contributed by atoms with van der Waals surface area (Å²) in [5.74, 6) is -0.170. The fourth-order valence-corrected chi connectivity index (χ4v) is 5.63. The topological polar surface area (TPSA) is 92.3 Å². The van der Waals surface area contributed by atoms with Crippen molar-refractivity contribution < 1.29 is 26.4 Å². The number of halogens is 3. The van der Waals surface area contributed by atoms with E-state index < -0.39 is 27.6 Å². The van der Waals surface area contributed by atoms with Crippen molar-refractivity contribution in [2.45, 2.75) is 63.9 Å². The van der Waals surface area contributed by atoms with Gasteiger partial charge in [0.2, 0.25) is 0 Å². The predicted octanol–water partition coefficient (Wildman–Crippen LogP) is 5.49. The fraction of sp³-hybridized carbons (Fsp3) is 0.393. The maximum absolute atomic E-state index is 13.0. The Bertz CT molecular complexity index is 1440. The second kappa shape index (κ2) is 11.1. The zero-order valence-electron chi connectivity index (χ0n) is 22.2. The molecule has 0 aliphatic carbocycles. The van der Waals surface area contributed by atoms with Crippen molar-refractivity contribution in [1.29, 1.82) is 0 Å². The van der Waals surface area contributed by atoms with Gasteiger partial charge in [-0.15, -0.1) is 0 Å². The van der Waals surface area contributed by atoms with Gasteiger partial charge in [-0.05, 0) is 54.3 Å². The van der Waals surface area contributed by atoms with E-state index in [0.29, 0.717) is 24.3 Å². The molecule has 4 rings (SSSR count). The molecule has 39 heavy (non-hydrogen) atoms. The van der Waals surface area contributed by atoms with Crippen molar-refractivity contribution in [2.24, 2.45) is 5.92 Å². The standard InChI is InChI=1S/C28H31F3N4O3S/c1-5-39(37,38)23-10-11-24(32-14-23)18(4)34-27(36)20-12-21-16-35(26(17(2)3)25(21)33-13-20)15-19-6-8-22(9-7-19)28(29,30)31/h6-14,17-18,26H,5,15-16H2,1-4H3,(H,34,36)/t18-,26?/m0/s1. The highest BCUT2D eigenvalue weighted by atomic mass is 32.2. The summed E-state index contributed by atoms with van der Waals surface area (Å²) in [4.78, 5) is 24.1. The Kier molecular flexibility index (Phi) is 8.13. The summed E-state index contributed by atoms with van der Waals surface area (Å²) in [5, 5.41) is 2.88. The lowest BCUT2D eigenvalue weighted by molar-refractivity contribution is -0.137. The van der Waals surface area contributed by atoms with Crippen molar-refractivity contribution in [3.63, 3.8) is 0 Å². The van der Waals surface area contributed by atoms with Crippen molar-refractivity contribution in [3.05, 3.63) is 88.5 Å². The largest absolute Gasteiger partial charge is 0.416 e. The third kappa shape index (κ3) is 6.30. The molecule has 2 atom stereocenters. The van der Waals surface area contributed by atoms with Crippen LogP contribution in [0, 0.1) is 5.92 Å². The number of fused-ring (bicyclic) bond motifs is 1. The number of sulfone groups is 1. The normalized spacial score (nSPS) is 16.8. The van der Waals surface area contributed by atoms with Crippen LogP contribution < -0.4 is 5.32 Å². The number of hydrogen-bond acceptors (Lipinski definition) is 6. The highest BCUT2D eigenvalue weighted by Gasteiger charge is 2.35. The molecular formula is C28H31F3N4O3S. The monoisotopic (exact) mass is 560 g/mol. The number of nitrogens with one attached hydrogen (secondary N) is 1. The number of carbonyl (C=O) groups is 1. The minimum Gasteiger partial charge on any atom is -0.344 e. The van der Waals surface area contributed by atoms with Crippen molar-refractivity contribution in [3.8, 4) is 0 Å². The number of amides is 1. The van der Waals surface area contributed by atoms with Crippen LogP contribution in [0.4, 0.5) is 13.2 Å². The number of alkyl halides is 3. The second-order valence-corrected chi connectivity index (χ2v) is 12.4. The van der Waals surface area contributed by atoms with Crippen LogP contribution in [-0.2, 0) is 29.1 Å². The minimum atomic E-state index is -4.38. The van der Waals surface area contributed by atoms with E-state index in [9.17, 15) is 26.4 Å². The highest BCUT2D eigenvalue weighted by Crippen LogP contribution is 2.39. The van der Waals surface area contributed by atoms with Crippen LogP contribution in [0.25, 0.3) is 0 Å². The number of carbonyl (C=O) groups excluding carboxylic acids is 1. The van der Waals surface area contributed by atoms with E-state index in [1.807, 2.05) is 0 Å². The SMILES string of the molecule is CCS(=O)(=O)c1ccc([C@H](C)NC(=O)c2cnc3c(c2)CN(Cc2ccc(C(F)(F)F)cc2)C3C(C)C)nc1. The van der Waals surface area contributed by atoms with E-state index in [0.717, 1.165) is 29.0 Å². The minimum absolute atomic E-state index is 0.0227. The predicted molar refractivity (Wildman–Crippen MR) is 140 cm³/mol. The lowest BCUT2D eigenvalue weighted by atomic mass is 9.99. The molecule has 1 unspecified atom stereocenters. The van der Waals surface area contributed by atoms with Gasteiger partial charge in [0.05, 0.1) is 45.2 Å². The Labute approximate surface area is 226 Å². The molecule has 3 heterocycles. The van der Waals surface area contributed by atoms with Gasteiger partial charge in [0.1, 0.15) is 0 Å². The van der Waals surface area contributed by atoms with E-state index in [1.54, 1.807) is 26.0 Å². The first-order chi connectivity index (χ1) is 18.3. The Morgan fingerprint density at radius 3 is 2.33 bits per heavy atom. The zero-order chi connectivity index (χ0) is 28.5. The van der Waals surface area contributed by atoms with Gasteiger partial charge in [-0.1, -0.05) is 32.9 Å². The summed E-state index contributed by atoms with van der Waals surface area (Å²) < 4.78 is 62.9. The summed E-state index contributed by atoms with van der Waals surface area (Å²) in [5.41, 5.74) is 2.74. The van der Waals surface area contributed by atoms with E-state index >= 15 is 0 Å². The molecule has 0 saturated carbocycles. The average Bonchev–Trinajstić information content (AvgIpc) is 3.25. The van der Waals surface area contributed by atoms with Gasteiger partial charge in [-0.25, -0.2) is 8.42 Å². The molecule has 3 aromatic rings. The zero-order valence-corrected chi connectivity index (χ0v) is 23.0. The van der Waals surface area contributed by atoms with Crippen LogP contribution in [0.2, 0.25) is 0 Å². The van der Waals surface area contributed by atoms with Crippen LogP contribution in [0.15, 0.2) is 59.8 Å². The molecule has 208 valence electrons.